The Morgan fingerprint density at radius 3 is 2.50 bits per heavy atom. The molecular formula is C20H31N5O3. The van der Waals surface area contributed by atoms with E-state index in [2.05, 4.69) is 19.9 Å². The van der Waals surface area contributed by atoms with E-state index in [1.165, 1.54) is 12.8 Å². The Labute approximate surface area is 166 Å². The van der Waals surface area contributed by atoms with Crippen molar-refractivity contribution < 1.29 is 14.1 Å². The van der Waals surface area contributed by atoms with Gasteiger partial charge in [-0.05, 0) is 50.2 Å². The van der Waals surface area contributed by atoms with Gasteiger partial charge in [-0.2, -0.15) is 4.98 Å². The summed E-state index contributed by atoms with van der Waals surface area (Å²) in [5.41, 5.74) is 0. The van der Waals surface area contributed by atoms with Gasteiger partial charge < -0.3 is 19.1 Å². The lowest BCUT2D eigenvalue weighted by Crippen LogP contribution is -2.52. The molecule has 1 amide bonds. The van der Waals surface area contributed by atoms with Crippen LogP contribution in [0.1, 0.15) is 50.3 Å². The molecular weight excluding hydrogens is 358 g/mol. The smallest absolute Gasteiger partial charge is 0.266 e. The second-order valence-corrected chi connectivity index (χ2v) is 8.70. The summed E-state index contributed by atoms with van der Waals surface area (Å²) in [6.07, 6.45) is 6.72. The van der Waals surface area contributed by atoms with Crippen LogP contribution in [0.5, 0.6) is 0 Å². The number of carbonyl (C=O) groups excluding carboxylic acids is 1. The Morgan fingerprint density at radius 1 is 0.964 bits per heavy atom. The number of hydrogen-bond donors (Lipinski definition) is 0. The second-order valence-electron chi connectivity index (χ2n) is 8.70. The molecule has 0 bridgehead atoms. The third kappa shape index (κ3) is 3.89. The van der Waals surface area contributed by atoms with Gasteiger partial charge >= 0.3 is 0 Å². The number of piperidine rings is 2. The third-order valence-electron chi connectivity index (χ3n) is 6.75. The quantitative estimate of drug-likeness (QED) is 0.772. The number of nitrogens with zero attached hydrogens (tertiary/aromatic N) is 5. The molecule has 8 nitrogen and oxygen atoms in total. The van der Waals surface area contributed by atoms with Gasteiger partial charge in [0.05, 0.1) is 19.1 Å². The van der Waals surface area contributed by atoms with Crippen molar-refractivity contribution in [3.8, 4) is 0 Å². The van der Waals surface area contributed by atoms with Gasteiger partial charge in [-0.3, -0.25) is 9.69 Å². The number of amides is 1. The molecule has 4 fully saturated rings. The number of hydrogen-bond acceptors (Lipinski definition) is 7. The van der Waals surface area contributed by atoms with Crippen LogP contribution in [-0.2, 0) is 9.53 Å². The van der Waals surface area contributed by atoms with Crippen LogP contribution in [0.2, 0.25) is 0 Å². The van der Waals surface area contributed by atoms with Crippen molar-refractivity contribution in [1.82, 2.24) is 19.9 Å². The summed E-state index contributed by atoms with van der Waals surface area (Å²) in [4.78, 5) is 24.3. The number of rotatable bonds is 4. The van der Waals surface area contributed by atoms with Crippen LogP contribution in [0.4, 0.5) is 5.95 Å². The van der Waals surface area contributed by atoms with E-state index in [1.807, 2.05) is 4.90 Å². The Hall–Kier alpha value is -1.67. The summed E-state index contributed by atoms with van der Waals surface area (Å²) in [6.45, 7) is 6.82. The first-order valence-corrected chi connectivity index (χ1v) is 11.0. The Morgan fingerprint density at radius 2 is 1.75 bits per heavy atom. The summed E-state index contributed by atoms with van der Waals surface area (Å²) in [5.74, 6) is 2.58. The van der Waals surface area contributed by atoms with E-state index in [1.54, 1.807) is 0 Å². The molecule has 1 unspecified atom stereocenters. The van der Waals surface area contributed by atoms with Crippen molar-refractivity contribution in [2.75, 3.05) is 57.4 Å². The van der Waals surface area contributed by atoms with E-state index >= 15 is 0 Å². The Balaban J connectivity index is 1.14. The first-order chi connectivity index (χ1) is 13.8. The molecule has 4 aliphatic rings. The second kappa shape index (κ2) is 7.99. The molecule has 0 radical (unpaired) electrons. The number of ether oxygens (including phenoxy) is 1. The summed E-state index contributed by atoms with van der Waals surface area (Å²) in [5, 5.41) is 4.19. The third-order valence-corrected chi connectivity index (χ3v) is 6.75. The molecule has 3 saturated heterocycles. The van der Waals surface area contributed by atoms with Gasteiger partial charge in [0.15, 0.2) is 0 Å². The van der Waals surface area contributed by atoms with Gasteiger partial charge in [0.2, 0.25) is 11.8 Å². The van der Waals surface area contributed by atoms with Crippen LogP contribution in [0.15, 0.2) is 4.52 Å². The van der Waals surface area contributed by atoms with Crippen molar-refractivity contribution in [2.45, 2.75) is 50.5 Å². The Bertz CT molecular complexity index is 677. The molecule has 1 aliphatic carbocycles. The van der Waals surface area contributed by atoms with E-state index < -0.39 is 0 Å². The van der Waals surface area contributed by atoms with Gasteiger partial charge in [0.25, 0.3) is 5.95 Å². The highest BCUT2D eigenvalue weighted by Gasteiger charge is 2.35. The van der Waals surface area contributed by atoms with Crippen molar-refractivity contribution in [3.63, 3.8) is 0 Å². The molecule has 1 aromatic rings. The lowest BCUT2D eigenvalue weighted by atomic mass is 9.92. The van der Waals surface area contributed by atoms with Gasteiger partial charge in [-0.25, -0.2) is 0 Å². The van der Waals surface area contributed by atoms with E-state index in [-0.39, 0.29) is 5.92 Å². The van der Waals surface area contributed by atoms with Crippen LogP contribution in [0, 0.1) is 5.92 Å². The number of anilines is 1. The summed E-state index contributed by atoms with van der Waals surface area (Å²) >= 11 is 0. The fraction of sp³-hybridized carbons (Fsp3) is 0.850. The number of likely N-dealkylation sites (tertiary alicyclic amines) is 1. The number of morpholine rings is 1. The average molecular weight is 390 g/mol. The van der Waals surface area contributed by atoms with Crippen molar-refractivity contribution in [2.24, 2.45) is 5.92 Å². The predicted molar refractivity (Wildman–Crippen MR) is 103 cm³/mol. The zero-order valence-corrected chi connectivity index (χ0v) is 16.6. The molecule has 0 N–H and O–H groups in total. The first kappa shape index (κ1) is 18.4. The number of carbonyl (C=O) groups is 1. The van der Waals surface area contributed by atoms with Gasteiger partial charge in [0.1, 0.15) is 0 Å². The normalized spacial score (nSPS) is 27.9. The molecule has 4 heterocycles. The zero-order valence-electron chi connectivity index (χ0n) is 16.6. The maximum absolute atomic E-state index is 12.9. The standard InChI is InChI=1S/C20H31N5O3/c26-19(23-10-12-27-13-11-23)16-2-1-7-25(14-16)17-5-8-24(9-6-17)20-21-18(28-22-20)15-3-4-15/h15-17H,1-14H2. The fourth-order valence-corrected chi connectivity index (χ4v) is 4.86. The van der Waals surface area contributed by atoms with Gasteiger partial charge in [0, 0.05) is 44.7 Å². The van der Waals surface area contributed by atoms with Crippen molar-refractivity contribution >= 4 is 11.9 Å². The topological polar surface area (TPSA) is 74.9 Å². The van der Waals surface area contributed by atoms with E-state index in [4.69, 9.17) is 9.26 Å². The lowest BCUT2D eigenvalue weighted by molar-refractivity contribution is -0.141. The van der Waals surface area contributed by atoms with Gasteiger partial charge in [-0.1, -0.05) is 0 Å². The SMILES string of the molecule is O=C(C1CCCN(C2CCN(c3noc(C4CC4)n3)CC2)C1)N1CCOCC1. The molecule has 0 aromatic carbocycles. The Kier molecular flexibility index (Phi) is 5.24. The van der Waals surface area contributed by atoms with Crippen LogP contribution in [-0.4, -0.2) is 84.4 Å². The summed E-state index contributed by atoms with van der Waals surface area (Å²) in [7, 11) is 0. The minimum atomic E-state index is 0.156. The maximum Gasteiger partial charge on any atom is 0.266 e. The highest BCUT2D eigenvalue weighted by Crippen LogP contribution is 2.39. The summed E-state index contributed by atoms with van der Waals surface area (Å²) in [6, 6.07) is 0.561. The molecule has 1 saturated carbocycles. The fourth-order valence-electron chi connectivity index (χ4n) is 4.86. The lowest BCUT2D eigenvalue weighted by Gasteiger charge is -2.42. The monoisotopic (exact) mass is 389 g/mol. The molecule has 5 rings (SSSR count). The molecule has 3 aliphatic heterocycles. The van der Waals surface area contributed by atoms with Crippen molar-refractivity contribution in [3.05, 3.63) is 5.89 Å². The maximum atomic E-state index is 12.9. The highest BCUT2D eigenvalue weighted by atomic mass is 16.5. The zero-order chi connectivity index (χ0) is 18.9. The minimum absolute atomic E-state index is 0.156. The molecule has 28 heavy (non-hydrogen) atoms. The molecule has 8 heteroatoms. The van der Waals surface area contributed by atoms with Crippen LogP contribution in [0.3, 0.4) is 0 Å². The van der Waals surface area contributed by atoms with Gasteiger partial charge in [-0.15, -0.1) is 0 Å². The minimum Gasteiger partial charge on any atom is -0.378 e. The molecule has 154 valence electrons. The van der Waals surface area contributed by atoms with Crippen molar-refractivity contribution in [1.29, 1.82) is 0 Å². The largest absolute Gasteiger partial charge is 0.378 e. The van der Waals surface area contributed by atoms with Crippen LogP contribution >= 0.6 is 0 Å². The first-order valence-electron chi connectivity index (χ1n) is 11.0. The van der Waals surface area contributed by atoms with E-state index in [0.29, 0.717) is 31.1 Å². The molecule has 1 aromatic heterocycles. The number of aromatic nitrogens is 2. The molecule has 1 atom stereocenters. The van der Waals surface area contributed by atoms with Crippen LogP contribution in [0.25, 0.3) is 0 Å². The highest BCUT2D eigenvalue weighted by molar-refractivity contribution is 5.79. The average Bonchev–Trinajstić information content (AvgIpc) is 3.51. The van der Waals surface area contributed by atoms with Crippen LogP contribution < -0.4 is 4.90 Å². The summed E-state index contributed by atoms with van der Waals surface area (Å²) < 4.78 is 10.8. The predicted octanol–water partition coefficient (Wildman–Crippen LogP) is 1.49. The van der Waals surface area contributed by atoms with E-state index in [0.717, 1.165) is 76.8 Å². The van der Waals surface area contributed by atoms with E-state index in [9.17, 15) is 4.79 Å². The molecule has 0 spiro atoms.